The maximum Gasteiger partial charge on any atom is 0.0739 e. The van der Waals surface area contributed by atoms with Gasteiger partial charge in [0.05, 0.1) is 11.5 Å². The zero-order chi connectivity index (χ0) is 6.69. The van der Waals surface area contributed by atoms with Gasteiger partial charge in [-0.15, -0.1) is 11.6 Å². The summed E-state index contributed by atoms with van der Waals surface area (Å²) in [6, 6.07) is 0. The zero-order valence-electron chi connectivity index (χ0n) is 5.77. The number of hydrogen-bond acceptors (Lipinski definition) is 1. The molecule has 0 aromatic carbocycles. The molecule has 0 bridgehead atoms. The van der Waals surface area contributed by atoms with Gasteiger partial charge >= 0.3 is 0 Å². The molecule has 0 aliphatic carbocycles. The highest BCUT2D eigenvalue weighted by molar-refractivity contribution is 6.21. The van der Waals surface area contributed by atoms with Crippen LogP contribution in [-0.4, -0.2) is 18.1 Å². The highest BCUT2D eigenvalue weighted by Crippen LogP contribution is 2.21. The van der Waals surface area contributed by atoms with Crippen LogP contribution in [0.25, 0.3) is 0 Å². The van der Waals surface area contributed by atoms with Crippen LogP contribution in [0.3, 0.4) is 0 Å². The van der Waals surface area contributed by atoms with Gasteiger partial charge in [0.2, 0.25) is 0 Å². The minimum absolute atomic E-state index is 0.243. The lowest BCUT2D eigenvalue weighted by Gasteiger charge is -2.13. The Morgan fingerprint density at radius 2 is 2.56 bits per heavy atom. The van der Waals surface area contributed by atoms with Gasteiger partial charge in [0.25, 0.3) is 0 Å². The first-order valence-electron chi connectivity index (χ1n) is 3.60. The minimum Gasteiger partial charge on any atom is -0.377 e. The molecule has 2 unspecified atom stereocenters. The zero-order valence-corrected chi connectivity index (χ0v) is 6.53. The molecule has 1 aliphatic rings. The molecular formula is C7H13ClO. The molecule has 0 saturated carbocycles. The minimum atomic E-state index is 0.243. The average molecular weight is 149 g/mol. The summed E-state index contributed by atoms with van der Waals surface area (Å²) in [7, 11) is 0. The standard InChI is InChI=1S/C7H13ClO/c1-2-6(8)7-4-3-5-9-7/h6-7H,2-5H2,1H3. The first-order chi connectivity index (χ1) is 4.34. The Bertz CT molecular complexity index is 79.0. The van der Waals surface area contributed by atoms with E-state index >= 15 is 0 Å². The number of rotatable bonds is 2. The monoisotopic (exact) mass is 148 g/mol. The van der Waals surface area contributed by atoms with E-state index in [2.05, 4.69) is 6.92 Å². The average Bonchev–Trinajstić information content (AvgIpc) is 2.37. The van der Waals surface area contributed by atoms with Crippen LogP contribution in [0.5, 0.6) is 0 Å². The smallest absolute Gasteiger partial charge is 0.0739 e. The highest BCUT2D eigenvalue weighted by atomic mass is 35.5. The quantitative estimate of drug-likeness (QED) is 0.546. The number of ether oxygens (including phenoxy) is 1. The van der Waals surface area contributed by atoms with Crippen molar-refractivity contribution in [1.82, 2.24) is 0 Å². The Morgan fingerprint density at radius 1 is 1.78 bits per heavy atom. The lowest BCUT2D eigenvalue weighted by molar-refractivity contribution is 0.106. The third-order valence-corrected chi connectivity index (χ3v) is 2.35. The van der Waals surface area contributed by atoms with E-state index in [1.165, 1.54) is 6.42 Å². The summed E-state index contributed by atoms with van der Waals surface area (Å²) in [6.45, 7) is 3.01. The molecule has 0 spiro atoms. The van der Waals surface area contributed by atoms with E-state index in [1.807, 2.05) is 0 Å². The molecule has 1 aliphatic heterocycles. The molecule has 2 heteroatoms. The molecule has 0 radical (unpaired) electrons. The van der Waals surface area contributed by atoms with Gasteiger partial charge in [-0.05, 0) is 19.3 Å². The van der Waals surface area contributed by atoms with E-state index in [4.69, 9.17) is 16.3 Å². The van der Waals surface area contributed by atoms with Gasteiger partial charge in [-0.25, -0.2) is 0 Å². The van der Waals surface area contributed by atoms with Crippen molar-refractivity contribution in [1.29, 1.82) is 0 Å². The van der Waals surface area contributed by atoms with Crippen molar-refractivity contribution in [2.45, 2.75) is 37.7 Å². The van der Waals surface area contributed by atoms with Gasteiger partial charge in [-0.3, -0.25) is 0 Å². The molecule has 1 rings (SSSR count). The molecule has 0 aromatic heterocycles. The first kappa shape index (κ1) is 7.36. The predicted octanol–water partition coefficient (Wildman–Crippen LogP) is 2.18. The van der Waals surface area contributed by atoms with Crippen molar-refractivity contribution in [3.63, 3.8) is 0 Å². The van der Waals surface area contributed by atoms with E-state index in [1.54, 1.807) is 0 Å². The fraction of sp³-hybridized carbons (Fsp3) is 1.00. The summed E-state index contributed by atoms with van der Waals surface area (Å²) in [4.78, 5) is 0. The highest BCUT2D eigenvalue weighted by Gasteiger charge is 2.21. The molecule has 1 saturated heterocycles. The van der Waals surface area contributed by atoms with Crippen molar-refractivity contribution in [3.8, 4) is 0 Å². The second-order valence-electron chi connectivity index (χ2n) is 2.48. The second-order valence-corrected chi connectivity index (χ2v) is 3.04. The van der Waals surface area contributed by atoms with Gasteiger partial charge in [-0.2, -0.15) is 0 Å². The lowest BCUT2D eigenvalue weighted by atomic mass is 10.1. The maximum absolute atomic E-state index is 5.95. The van der Waals surface area contributed by atoms with E-state index < -0.39 is 0 Å². The summed E-state index contributed by atoms with van der Waals surface area (Å²) in [5, 5.41) is 0.243. The summed E-state index contributed by atoms with van der Waals surface area (Å²) in [6.07, 6.45) is 3.71. The van der Waals surface area contributed by atoms with Gasteiger partial charge in [-0.1, -0.05) is 6.92 Å². The van der Waals surface area contributed by atoms with E-state index in [9.17, 15) is 0 Å². The van der Waals surface area contributed by atoms with Gasteiger partial charge in [0.1, 0.15) is 0 Å². The maximum atomic E-state index is 5.95. The summed E-state index contributed by atoms with van der Waals surface area (Å²) in [5.74, 6) is 0. The lowest BCUT2D eigenvalue weighted by Crippen LogP contribution is -2.18. The Hall–Kier alpha value is 0.250. The predicted molar refractivity (Wildman–Crippen MR) is 38.9 cm³/mol. The summed E-state index contributed by atoms with van der Waals surface area (Å²) >= 11 is 5.95. The molecule has 2 atom stereocenters. The molecule has 0 N–H and O–H groups in total. The normalized spacial score (nSPS) is 30.7. The van der Waals surface area contributed by atoms with Crippen LogP contribution >= 0.6 is 11.6 Å². The molecule has 54 valence electrons. The molecule has 9 heavy (non-hydrogen) atoms. The Morgan fingerprint density at radius 3 is 3.00 bits per heavy atom. The van der Waals surface area contributed by atoms with E-state index in [0.29, 0.717) is 6.10 Å². The van der Waals surface area contributed by atoms with Crippen LogP contribution in [-0.2, 0) is 4.74 Å². The van der Waals surface area contributed by atoms with Crippen LogP contribution in [0.1, 0.15) is 26.2 Å². The summed E-state index contributed by atoms with van der Waals surface area (Å²) in [5.41, 5.74) is 0. The third-order valence-electron chi connectivity index (χ3n) is 1.76. The fourth-order valence-corrected chi connectivity index (χ4v) is 1.35. The molecule has 1 heterocycles. The van der Waals surface area contributed by atoms with Crippen LogP contribution in [0.2, 0.25) is 0 Å². The SMILES string of the molecule is CCC(Cl)C1CCCO1. The van der Waals surface area contributed by atoms with E-state index in [-0.39, 0.29) is 5.38 Å². The third kappa shape index (κ3) is 1.84. The van der Waals surface area contributed by atoms with Crippen LogP contribution in [0.15, 0.2) is 0 Å². The Balaban J connectivity index is 2.24. The van der Waals surface area contributed by atoms with Crippen LogP contribution in [0, 0.1) is 0 Å². The fourth-order valence-electron chi connectivity index (χ4n) is 1.15. The molecule has 0 aromatic rings. The van der Waals surface area contributed by atoms with Crippen molar-refractivity contribution in [3.05, 3.63) is 0 Å². The molecule has 1 fully saturated rings. The van der Waals surface area contributed by atoms with Crippen molar-refractivity contribution < 1.29 is 4.74 Å². The number of alkyl halides is 1. The Kier molecular flexibility index (Phi) is 2.80. The number of hydrogen-bond donors (Lipinski definition) is 0. The molecule has 1 nitrogen and oxygen atoms in total. The van der Waals surface area contributed by atoms with Crippen molar-refractivity contribution in [2.75, 3.05) is 6.61 Å². The van der Waals surface area contributed by atoms with E-state index in [0.717, 1.165) is 19.4 Å². The molecular weight excluding hydrogens is 136 g/mol. The molecule has 0 amide bonds. The Labute approximate surface area is 61.3 Å². The van der Waals surface area contributed by atoms with Crippen LogP contribution < -0.4 is 0 Å². The van der Waals surface area contributed by atoms with Gasteiger partial charge in [0.15, 0.2) is 0 Å². The van der Waals surface area contributed by atoms with Gasteiger partial charge < -0.3 is 4.74 Å². The largest absolute Gasteiger partial charge is 0.377 e. The summed E-state index contributed by atoms with van der Waals surface area (Å²) < 4.78 is 5.37. The first-order valence-corrected chi connectivity index (χ1v) is 4.04. The van der Waals surface area contributed by atoms with Crippen LogP contribution in [0.4, 0.5) is 0 Å². The topological polar surface area (TPSA) is 9.23 Å². The second kappa shape index (κ2) is 3.43. The van der Waals surface area contributed by atoms with Crippen molar-refractivity contribution >= 4 is 11.6 Å². The van der Waals surface area contributed by atoms with Crippen molar-refractivity contribution in [2.24, 2.45) is 0 Å². The number of halogens is 1. The van der Waals surface area contributed by atoms with Gasteiger partial charge in [0, 0.05) is 6.61 Å².